The number of hydrogen-bond acceptors (Lipinski definition) is 12. The van der Waals surface area contributed by atoms with Gasteiger partial charge in [0, 0.05) is 25.2 Å². The molecule has 12 nitrogen and oxygen atoms in total. The number of allylic oxidation sites excluding steroid dienone is 2. The summed E-state index contributed by atoms with van der Waals surface area (Å²) in [5.74, 6) is -2.39. The Balaban J connectivity index is 1.26. The van der Waals surface area contributed by atoms with Gasteiger partial charge >= 0.3 is 17.9 Å². The number of benzene rings is 2. The summed E-state index contributed by atoms with van der Waals surface area (Å²) in [6.07, 6.45) is 8.89. The summed E-state index contributed by atoms with van der Waals surface area (Å²) in [7, 11) is 3.11. The van der Waals surface area contributed by atoms with Gasteiger partial charge in [0.15, 0.2) is 11.9 Å². The number of carbonyl (C=O) groups is 3. The minimum atomic E-state index is -1.94. The molecule has 1 spiro atoms. The van der Waals surface area contributed by atoms with Crippen LogP contribution in [0.1, 0.15) is 101 Å². The van der Waals surface area contributed by atoms with Crippen molar-refractivity contribution in [3.05, 3.63) is 107 Å². The van der Waals surface area contributed by atoms with Crippen LogP contribution in [-0.2, 0) is 33.2 Å². The molecular weight excluding hydrogens is 793 g/mol. The number of ether oxygens (including phenoxy) is 8. The predicted molar refractivity (Wildman–Crippen MR) is 231 cm³/mol. The molecule has 2 aromatic rings. The van der Waals surface area contributed by atoms with Crippen molar-refractivity contribution in [1.29, 1.82) is 0 Å². The molecule has 3 saturated heterocycles. The molecule has 0 radical (unpaired) electrons. The normalized spacial score (nSPS) is 36.3. The standard InChI is InChI=1S/C50H62O12/c1-9-29(2)43-32(5)23-24-49(62-43)27-40-26-39(61-49)18-13-31(4)42(59-46(51)34-14-19-37(55-7)20-15-34)30(3)11-10-12-36-28-57-45-44(33(6)25-41(48(53)58-40)50(36,45)54)60-47(52)35-16-21-38(56-8)22-17-35/h10-17,19-22,25,29-30,32,39-45,54H,9,18,23-24,26-28H2,1-8H3/b11-10+,31-13+,36-12+/t29-,30-,32-,39+,40-,41-,42-,43+,44+,45+,49+,50+/m0/s1. The molecule has 0 unspecified atom stereocenters. The van der Waals surface area contributed by atoms with Gasteiger partial charge in [0.25, 0.3) is 0 Å². The van der Waals surface area contributed by atoms with Crippen LogP contribution in [0.4, 0.5) is 0 Å². The second kappa shape index (κ2) is 18.9. The third-order valence-electron chi connectivity index (χ3n) is 13.5. The van der Waals surface area contributed by atoms with Gasteiger partial charge in [-0.25, -0.2) is 9.59 Å². The molecule has 1 aliphatic carbocycles. The largest absolute Gasteiger partial charge is 0.497 e. The molecule has 3 fully saturated rings. The van der Waals surface area contributed by atoms with Gasteiger partial charge in [-0.15, -0.1) is 0 Å². The lowest BCUT2D eigenvalue weighted by atomic mass is 9.70. The monoisotopic (exact) mass is 854 g/mol. The summed E-state index contributed by atoms with van der Waals surface area (Å²) in [4.78, 5) is 41.9. The Morgan fingerprint density at radius 3 is 2.13 bits per heavy atom. The molecule has 334 valence electrons. The fourth-order valence-corrected chi connectivity index (χ4v) is 9.70. The molecule has 4 heterocycles. The van der Waals surface area contributed by atoms with Crippen molar-refractivity contribution in [2.75, 3.05) is 20.8 Å². The summed E-state index contributed by atoms with van der Waals surface area (Å²) in [5, 5.41) is 13.0. The second-order valence-corrected chi connectivity index (χ2v) is 17.8. The minimum absolute atomic E-state index is 0.0400. The van der Waals surface area contributed by atoms with E-state index in [-0.39, 0.29) is 24.5 Å². The zero-order valence-corrected chi connectivity index (χ0v) is 37.2. The van der Waals surface area contributed by atoms with E-state index < -0.39 is 65.7 Å². The van der Waals surface area contributed by atoms with Crippen LogP contribution < -0.4 is 9.47 Å². The van der Waals surface area contributed by atoms with Crippen LogP contribution in [0.2, 0.25) is 0 Å². The van der Waals surface area contributed by atoms with E-state index in [0.717, 1.165) is 18.4 Å². The SMILES string of the molecule is CC[C@H](C)[C@H]1O[C@]2(CC[C@@H]1C)C[C@@H]1C[C@@H](C/C=C(\C)[C@@H](OC(=O)c3ccc(OC)cc3)[C@@H](C)/C=C/C=C3\CO[C@@H]4[C@H](OC(=O)c5ccc(OC)cc5)C(C)=C[C@@H](C(=O)O1)[C@]34O)O2. The smallest absolute Gasteiger partial charge is 0.338 e. The Morgan fingerprint density at radius 1 is 0.887 bits per heavy atom. The topological polar surface area (TPSA) is 145 Å². The fourth-order valence-electron chi connectivity index (χ4n) is 9.70. The van der Waals surface area contributed by atoms with Gasteiger partial charge in [0.1, 0.15) is 41.3 Å². The Morgan fingerprint density at radius 2 is 1.52 bits per heavy atom. The Hall–Kier alpha value is -4.75. The van der Waals surface area contributed by atoms with Gasteiger partial charge in [0.05, 0.1) is 44.2 Å². The molecule has 0 amide bonds. The van der Waals surface area contributed by atoms with Crippen molar-refractivity contribution >= 4 is 17.9 Å². The predicted octanol–water partition coefficient (Wildman–Crippen LogP) is 8.28. The van der Waals surface area contributed by atoms with E-state index in [2.05, 4.69) is 26.8 Å². The molecular formula is C50H62O12. The Kier molecular flexibility index (Phi) is 13.8. The van der Waals surface area contributed by atoms with Crippen molar-refractivity contribution in [2.45, 2.75) is 128 Å². The maximum atomic E-state index is 14.7. The number of methoxy groups -OCH3 is 2. The third-order valence-corrected chi connectivity index (χ3v) is 13.5. The third kappa shape index (κ3) is 9.30. The minimum Gasteiger partial charge on any atom is -0.497 e. The summed E-state index contributed by atoms with van der Waals surface area (Å²) in [6.45, 7) is 12.2. The number of aliphatic hydroxyl groups is 1. The highest BCUT2D eigenvalue weighted by Gasteiger charge is 2.61. The van der Waals surface area contributed by atoms with Gasteiger partial charge in [-0.05, 0) is 104 Å². The van der Waals surface area contributed by atoms with E-state index in [0.29, 0.717) is 65.4 Å². The van der Waals surface area contributed by atoms with Gasteiger partial charge in [0.2, 0.25) is 0 Å². The lowest BCUT2D eigenvalue weighted by molar-refractivity contribution is -0.340. The van der Waals surface area contributed by atoms with Crippen LogP contribution in [-0.4, -0.2) is 91.9 Å². The van der Waals surface area contributed by atoms with E-state index in [1.54, 1.807) is 87.9 Å². The highest BCUT2D eigenvalue weighted by molar-refractivity contribution is 5.90. The van der Waals surface area contributed by atoms with Gasteiger partial charge in [-0.2, -0.15) is 0 Å². The fraction of sp³-hybridized carbons (Fsp3) is 0.540. The van der Waals surface area contributed by atoms with Crippen molar-refractivity contribution in [1.82, 2.24) is 0 Å². The number of hydrogen-bond donors (Lipinski definition) is 1. The van der Waals surface area contributed by atoms with Crippen molar-refractivity contribution in [2.24, 2.45) is 23.7 Å². The van der Waals surface area contributed by atoms with Crippen LogP contribution in [0.25, 0.3) is 0 Å². The average Bonchev–Trinajstić information content (AvgIpc) is 3.61. The van der Waals surface area contributed by atoms with E-state index >= 15 is 0 Å². The lowest BCUT2D eigenvalue weighted by Gasteiger charge is -2.51. The summed E-state index contributed by atoms with van der Waals surface area (Å²) >= 11 is 0. The maximum Gasteiger partial charge on any atom is 0.338 e. The molecule has 12 atom stereocenters. The molecule has 7 rings (SSSR count). The first-order chi connectivity index (χ1) is 29.7. The second-order valence-electron chi connectivity index (χ2n) is 17.8. The lowest BCUT2D eigenvalue weighted by Crippen LogP contribution is -2.59. The first-order valence-electron chi connectivity index (χ1n) is 22.0. The van der Waals surface area contributed by atoms with Crippen LogP contribution in [0.15, 0.2) is 95.6 Å². The van der Waals surface area contributed by atoms with Crippen LogP contribution in [0.5, 0.6) is 11.5 Å². The van der Waals surface area contributed by atoms with Crippen LogP contribution in [0.3, 0.4) is 0 Å². The molecule has 0 aromatic heterocycles. The quantitative estimate of drug-likeness (QED) is 0.155. The van der Waals surface area contributed by atoms with Crippen LogP contribution in [0, 0.1) is 23.7 Å². The van der Waals surface area contributed by atoms with Crippen molar-refractivity contribution < 1.29 is 57.4 Å². The van der Waals surface area contributed by atoms with Crippen molar-refractivity contribution in [3.8, 4) is 11.5 Å². The molecule has 2 aromatic carbocycles. The van der Waals surface area contributed by atoms with E-state index in [1.807, 2.05) is 19.9 Å². The number of carbonyl (C=O) groups excluding carboxylic acids is 3. The molecule has 1 N–H and O–H groups in total. The molecule has 0 saturated carbocycles. The summed E-state index contributed by atoms with van der Waals surface area (Å²) < 4.78 is 49.6. The van der Waals surface area contributed by atoms with Gasteiger partial charge in [-0.3, -0.25) is 4.79 Å². The summed E-state index contributed by atoms with van der Waals surface area (Å²) in [6, 6.07) is 13.3. The van der Waals surface area contributed by atoms with E-state index in [4.69, 9.17) is 37.9 Å². The number of fused-ring (bicyclic) bond motifs is 2. The number of rotatable bonds is 8. The molecule has 5 aliphatic rings. The van der Waals surface area contributed by atoms with Gasteiger partial charge < -0.3 is 43.0 Å². The van der Waals surface area contributed by atoms with Gasteiger partial charge in [-0.1, -0.05) is 64.5 Å². The van der Waals surface area contributed by atoms with E-state index in [9.17, 15) is 19.5 Å². The highest BCUT2D eigenvalue weighted by atomic mass is 16.7. The van der Waals surface area contributed by atoms with Crippen molar-refractivity contribution in [3.63, 3.8) is 0 Å². The Labute approximate surface area is 365 Å². The molecule has 12 heteroatoms. The zero-order chi connectivity index (χ0) is 44.3. The highest BCUT2D eigenvalue weighted by Crippen LogP contribution is 2.48. The van der Waals surface area contributed by atoms with Crippen LogP contribution >= 0.6 is 0 Å². The zero-order valence-electron chi connectivity index (χ0n) is 37.2. The van der Waals surface area contributed by atoms with E-state index in [1.165, 1.54) is 0 Å². The molecule has 2 bridgehead atoms. The number of esters is 3. The average molecular weight is 855 g/mol. The molecule has 62 heavy (non-hydrogen) atoms. The first-order valence-corrected chi connectivity index (χ1v) is 22.0. The summed E-state index contributed by atoms with van der Waals surface area (Å²) in [5.41, 5.74) is 0.524. The Bertz CT molecular complexity index is 2060. The first kappa shape index (κ1) is 45.3. The molecule has 4 aliphatic heterocycles. The maximum absolute atomic E-state index is 14.7.